The molecule has 1 unspecified atom stereocenters. The van der Waals surface area contributed by atoms with Crippen molar-refractivity contribution in [2.45, 2.75) is 37.8 Å². The van der Waals surface area contributed by atoms with Crippen LogP contribution in [0.15, 0.2) is 27.9 Å². The number of H-pyrrole nitrogens is 1. The molecule has 148 valence electrons. The lowest BCUT2D eigenvalue weighted by Gasteiger charge is -2.20. The molecule has 28 heavy (non-hydrogen) atoms. The highest BCUT2D eigenvalue weighted by Gasteiger charge is 2.53. The second-order valence-electron chi connectivity index (χ2n) is 6.64. The molecule has 0 bridgehead atoms. The van der Waals surface area contributed by atoms with Crippen molar-refractivity contribution in [2.24, 2.45) is 0 Å². The number of hydrogen-bond donors (Lipinski definition) is 1. The molecule has 2 aromatic rings. The third-order valence-corrected chi connectivity index (χ3v) is 4.93. The Bertz CT molecular complexity index is 1070. The second kappa shape index (κ2) is 6.12. The Kier molecular flexibility index (Phi) is 3.79. The fraction of sp³-hybridized carbons (Fsp3) is 0.412. The van der Waals surface area contributed by atoms with E-state index in [0.717, 1.165) is 10.8 Å². The summed E-state index contributed by atoms with van der Waals surface area (Å²) >= 11 is 0. The summed E-state index contributed by atoms with van der Waals surface area (Å²) in [4.78, 5) is 25.2. The van der Waals surface area contributed by atoms with Crippen LogP contribution in [0, 0.1) is 11.6 Å². The standard InChI is InChI=1S/C17H14F2N2O7/c1-6-12-13(15(26-6)21-4-9(19)14(22)20-17(21)23)28-16(27-12)7-2-10-11(3-8(7)18)25-5-24-10/h2-4,6,12-13,15-16H,5H2,1H3,(H,20,22,23)/t6-,12-,13-,15-,16?/m1/s1. The Hall–Kier alpha value is -2.76. The molecular weight excluding hydrogens is 382 g/mol. The van der Waals surface area contributed by atoms with Gasteiger partial charge in [0.25, 0.3) is 5.56 Å². The van der Waals surface area contributed by atoms with Crippen molar-refractivity contribution in [3.63, 3.8) is 0 Å². The van der Waals surface area contributed by atoms with Crippen molar-refractivity contribution in [1.29, 1.82) is 0 Å². The van der Waals surface area contributed by atoms with E-state index in [1.54, 1.807) is 6.92 Å². The molecule has 0 radical (unpaired) electrons. The molecule has 0 aliphatic carbocycles. The molecule has 5 atom stereocenters. The van der Waals surface area contributed by atoms with Crippen molar-refractivity contribution in [3.05, 3.63) is 56.4 Å². The van der Waals surface area contributed by atoms with Crippen LogP contribution in [-0.4, -0.2) is 34.7 Å². The number of aromatic nitrogens is 2. The topological polar surface area (TPSA) is 101 Å². The van der Waals surface area contributed by atoms with Crippen LogP contribution >= 0.6 is 0 Å². The summed E-state index contributed by atoms with van der Waals surface area (Å²) in [6.07, 6.45) is -3.38. The molecule has 2 fully saturated rings. The zero-order valence-corrected chi connectivity index (χ0v) is 14.4. The van der Waals surface area contributed by atoms with Crippen molar-refractivity contribution in [1.82, 2.24) is 9.55 Å². The Morgan fingerprint density at radius 1 is 1.04 bits per heavy atom. The van der Waals surface area contributed by atoms with Gasteiger partial charge in [-0.15, -0.1) is 0 Å². The van der Waals surface area contributed by atoms with Gasteiger partial charge in [-0.2, -0.15) is 4.39 Å². The van der Waals surface area contributed by atoms with E-state index < -0.39 is 53.7 Å². The summed E-state index contributed by atoms with van der Waals surface area (Å²) in [5, 5.41) is 0. The van der Waals surface area contributed by atoms with E-state index in [9.17, 15) is 18.4 Å². The Balaban J connectivity index is 1.48. The van der Waals surface area contributed by atoms with E-state index in [-0.39, 0.29) is 18.1 Å². The maximum atomic E-state index is 14.5. The van der Waals surface area contributed by atoms with Crippen LogP contribution in [0.4, 0.5) is 8.78 Å². The number of benzene rings is 1. The molecular formula is C17H14F2N2O7. The number of fused-ring (bicyclic) bond motifs is 2. The Morgan fingerprint density at radius 3 is 2.54 bits per heavy atom. The minimum absolute atomic E-state index is 0.0104. The van der Waals surface area contributed by atoms with E-state index in [1.807, 2.05) is 4.98 Å². The molecule has 5 rings (SSSR count). The number of nitrogens with one attached hydrogen (secondary N) is 1. The lowest BCUT2D eigenvalue weighted by Crippen LogP contribution is -2.38. The smallest absolute Gasteiger partial charge is 0.330 e. The maximum absolute atomic E-state index is 14.5. The van der Waals surface area contributed by atoms with Gasteiger partial charge in [0.2, 0.25) is 12.6 Å². The minimum Gasteiger partial charge on any atom is -0.454 e. The van der Waals surface area contributed by atoms with E-state index in [4.69, 9.17) is 23.7 Å². The molecule has 4 heterocycles. The average molecular weight is 396 g/mol. The fourth-order valence-electron chi connectivity index (χ4n) is 3.59. The van der Waals surface area contributed by atoms with Crippen molar-refractivity contribution < 1.29 is 32.5 Å². The first-order chi connectivity index (χ1) is 13.4. The quantitative estimate of drug-likeness (QED) is 0.806. The van der Waals surface area contributed by atoms with Crippen LogP contribution in [0.2, 0.25) is 0 Å². The zero-order valence-electron chi connectivity index (χ0n) is 14.4. The molecule has 1 aromatic carbocycles. The van der Waals surface area contributed by atoms with Gasteiger partial charge in [0, 0.05) is 11.6 Å². The van der Waals surface area contributed by atoms with Gasteiger partial charge >= 0.3 is 5.69 Å². The van der Waals surface area contributed by atoms with E-state index in [1.165, 1.54) is 12.1 Å². The number of ether oxygens (including phenoxy) is 5. The van der Waals surface area contributed by atoms with Gasteiger partial charge < -0.3 is 23.7 Å². The zero-order chi connectivity index (χ0) is 19.6. The van der Waals surface area contributed by atoms with E-state index in [0.29, 0.717) is 5.75 Å². The van der Waals surface area contributed by atoms with Crippen LogP contribution in [0.3, 0.4) is 0 Å². The van der Waals surface area contributed by atoms with Gasteiger partial charge in [-0.25, -0.2) is 9.18 Å². The van der Waals surface area contributed by atoms with Gasteiger partial charge in [0.15, 0.2) is 24.0 Å². The molecule has 2 saturated heterocycles. The first-order valence-corrected chi connectivity index (χ1v) is 8.49. The summed E-state index contributed by atoms with van der Waals surface area (Å²) in [7, 11) is 0. The normalized spacial score (nSPS) is 30.6. The molecule has 11 heteroatoms. The lowest BCUT2D eigenvalue weighted by atomic mass is 10.1. The average Bonchev–Trinajstić information content (AvgIpc) is 3.34. The first-order valence-electron chi connectivity index (χ1n) is 8.49. The van der Waals surface area contributed by atoms with Gasteiger partial charge in [0.05, 0.1) is 12.3 Å². The highest BCUT2D eigenvalue weighted by molar-refractivity contribution is 5.45. The summed E-state index contributed by atoms with van der Waals surface area (Å²) < 4.78 is 56.7. The van der Waals surface area contributed by atoms with Crippen molar-refractivity contribution in [2.75, 3.05) is 6.79 Å². The van der Waals surface area contributed by atoms with Crippen LogP contribution in [0.1, 0.15) is 25.0 Å². The van der Waals surface area contributed by atoms with Crippen LogP contribution in [-0.2, 0) is 14.2 Å². The summed E-state index contributed by atoms with van der Waals surface area (Å²) in [5.74, 6) is -1.10. The minimum atomic E-state index is -1.14. The first kappa shape index (κ1) is 17.3. The SMILES string of the molecule is C[C@H]1O[C@@H](n2cc(F)c(=O)[nH]c2=O)[C@@H]2OC(c3cc4c(cc3F)OCO4)O[C@@H]21. The van der Waals surface area contributed by atoms with Crippen LogP contribution < -0.4 is 20.7 Å². The molecule has 0 saturated carbocycles. The van der Waals surface area contributed by atoms with Gasteiger partial charge in [-0.1, -0.05) is 0 Å². The summed E-state index contributed by atoms with van der Waals surface area (Å²) in [6.45, 7) is 1.68. The van der Waals surface area contributed by atoms with Gasteiger partial charge in [-0.05, 0) is 13.0 Å². The molecule has 3 aliphatic heterocycles. The third-order valence-electron chi connectivity index (χ3n) is 4.93. The van der Waals surface area contributed by atoms with Gasteiger partial charge in [-0.3, -0.25) is 14.3 Å². The summed E-state index contributed by atoms with van der Waals surface area (Å²) in [5.41, 5.74) is -1.89. The largest absolute Gasteiger partial charge is 0.454 e. The Labute approximate surface area is 155 Å². The monoisotopic (exact) mass is 396 g/mol. The predicted molar refractivity (Wildman–Crippen MR) is 85.9 cm³/mol. The second-order valence-corrected chi connectivity index (χ2v) is 6.64. The van der Waals surface area contributed by atoms with Crippen LogP contribution in [0.25, 0.3) is 0 Å². The molecule has 0 spiro atoms. The number of hydrogen-bond acceptors (Lipinski definition) is 7. The predicted octanol–water partition coefficient (Wildman–Crippen LogP) is 0.944. The fourth-order valence-corrected chi connectivity index (χ4v) is 3.59. The number of rotatable bonds is 2. The molecule has 1 N–H and O–H groups in total. The van der Waals surface area contributed by atoms with Crippen LogP contribution in [0.5, 0.6) is 11.5 Å². The molecule has 3 aliphatic rings. The lowest BCUT2D eigenvalue weighted by molar-refractivity contribution is -0.146. The van der Waals surface area contributed by atoms with Crippen molar-refractivity contribution >= 4 is 0 Å². The number of aromatic amines is 1. The maximum Gasteiger partial charge on any atom is 0.330 e. The highest BCUT2D eigenvalue weighted by atomic mass is 19.1. The molecule has 1 aromatic heterocycles. The molecule has 9 nitrogen and oxygen atoms in total. The van der Waals surface area contributed by atoms with E-state index in [2.05, 4.69) is 0 Å². The highest BCUT2D eigenvalue weighted by Crippen LogP contribution is 2.46. The number of nitrogens with zero attached hydrogens (tertiary/aromatic N) is 1. The molecule has 0 amide bonds. The van der Waals surface area contributed by atoms with Crippen molar-refractivity contribution in [3.8, 4) is 11.5 Å². The number of halogens is 2. The van der Waals surface area contributed by atoms with E-state index >= 15 is 0 Å². The Morgan fingerprint density at radius 2 is 1.75 bits per heavy atom. The third kappa shape index (κ3) is 2.54. The van der Waals surface area contributed by atoms with Gasteiger partial charge in [0.1, 0.15) is 18.0 Å². The summed E-state index contributed by atoms with van der Waals surface area (Å²) in [6, 6.07) is 2.60.